The second-order valence-electron chi connectivity index (χ2n) is 4.67. The summed E-state index contributed by atoms with van der Waals surface area (Å²) < 4.78 is 10.4. The maximum Gasteiger partial charge on any atom is 0.251 e. The fraction of sp³-hybridized carbons (Fsp3) is 0.533. The van der Waals surface area contributed by atoms with E-state index in [-0.39, 0.29) is 5.91 Å². The van der Waals surface area contributed by atoms with Crippen LogP contribution >= 0.6 is 11.8 Å². The van der Waals surface area contributed by atoms with Crippen LogP contribution in [0, 0.1) is 0 Å². The number of carbonyl (C=O) groups excluding carboxylic acids is 1. The first-order valence-electron chi connectivity index (χ1n) is 6.91. The van der Waals surface area contributed by atoms with E-state index in [0.29, 0.717) is 17.4 Å². The lowest BCUT2D eigenvalue weighted by molar-refractivity contribution is 0.0955. The highest BCUT2D eigenvalue weighted by atomic mass is 32.2. The van der Waals surface area contributed by atoms with Crippen molar-refractivity contribution < 1.29 is 14.3 Å². The van der Waals surface area contributed by atoms with E-state index in [9.17, 15) is 4.79 Å². The van der Waals surface area contributed by atoms with Gasteiger partial charge in [0.1, 0.15) is 5.75 Å². The van der Waals surface area contributed by atoms with Crippen LogP contribution in [0.3, 0.4) is 0 Å². The standard InChI is InChI=1S/C15H21NO3S/c1-18-13-4-2-12(3-5-13)15(17)16-8-11-20-14-6-9-19-10-7-14/h2-5,14H,6-11H2,1H3,(H,16,17). The Morgan fingerprint density at radius 2 is 2.05 bits per heavy atom. The van der Waals surface area contributed by atoms with Gasteiger partial charge in [-0.1, -0.05) is 0 Å². The molecule has 1 aliphatic heterocycles. The largest absolute Gasteiger partial charge is 0.497 e. The van der Waals surface area contributed by atoms with Gasteiger partial charge in [0.05, 0.1) is 7.11 Å². The Kier molecular flexibility index (Phi) is 6.21. The highest BCUT2D eigenvalue weighted by molar-refractivity contribution is 7.99. The molecule has 1 saturated heterocycles. The van der Waals surface area contributed by atoms with Crippen molar-refractivity contribution >= 4 is 17.7 Å². The first-order valence-corrected chi connectivity index (χ1v) is 7.96. The van der Waals surface area contributed by atoms with E-state index in [1.807, 2.05) is 11.8 Å². The van der Waals surface area contributed by atoms with Crippen LogP contribution in [0.5, 0.6) is 5.75 Å². The molecule has 0 unspecified atom stereocenters. The van der Waals surface area contributed by atoms with Gasteiger partial charge in [0.25, 0.3) is 5.91 Å². The topological polar surface area (TPSA) is 47.6 Å². The van der Waals surface area contributed by atoms with Crippen LogP contribution in [-0.4, -0.2) is 43.8 Å². The van der Waals surface area contributed by atoms with Gasteiger partial charge in [-0.25, -0.2) is 0 Å². The number of amides is 1. The normalized spacial score (nSPS) is 15.8. The Bertz CT molecular complexity index is 416. The Morgan fingerprint density at radius 3 is 2.70 bits per heavy atom. The quantitative estimate of drug-likeness (QED) is 0.818. The molecule has 1 aromatic carbocycles. The molecule has 0 aromatic heterocycles. The molecule has 0 aliphatic carbocycles. The summed E-state index contributed by atoms with van der Waals surface area (Å²) in [4.78, 5) is 11.9. The van der Waals surface area contributed by atoms with Crippen LogP contribution < -0.4 is 10.1 Å². The third-order valence-corrected chi connectivity index (χ3v) is 4.64. The summed E-state index contributed by atoms with van der Waals surface area (Å²) in [5.41, 5.74) is 0.668. The average molecular weight is 295 g/mol. The maximum atomic E-state index is 11.9. The Labute approximate surface area is 124 Å². The molecule has 1 N–H and O–H groups in total. The molecule has 1 fully saturated rings. The number of hydrogen-bond acceptors (Lipinski definition) is 4. The van der Waals surface area contributed by atoms with Crippen LogP contribution in [0.25, 0.3) is 0 Å². The predicted octanol–water partition coefficient (Wildman–Crippen LogP) is 2.34. The zero-order chi connectivity index (χ0) is 14.2. The molecule has 1 aliphatic rings. The van der Waals surface area contributed by atoms with Crippen molar-refractivity contribution in [2.24, 2.45) is 0 Å². The van der Waals surface area contributed by atoms with Crippen molar-refractivity contribution in [2.75, 3.05) is 32.6 Å². The molecule has 0 radical (unpaired) electrons. The number of ether oxygens (including phenoxy) is 2. The van der Waals surface area contributed by atoms with E-state index in [1.165, 1.54) is 0 Å². The molecule has 0 saturated carbocycles. The summed E-state index contributed by atoms with van der Waals surface area (Å²) in [6.07, 6.45) is 2.24. The minimum atomic E-state index is -0.0276. The van der Waals surface area contributed by atoms with Crippen LogP contribution in [0.4, 0.5) is 0 Å². The maximum absolute atomic E-state index is 11.9. The number of rotatable bonds is 6. The van der Waals surface area contributed by atoms with Gasteiger partial charge in [-0.3, -0.25) is 4.79 Å². The first-order chi connectivity index (χ1) is 9.79. The molecule has 4 nitrogen and oxygen atoms in total. The van der Waals surface area contributed by atoms with Crippen molar-refractivity contribution in [1.82, 2.24) is 5.32 Å². The van der Waals surface area contributed by atoms with Gasteiger partial charge in [0.15, 0.2) is 0 Å². The van der Waals surface area contributed by atoms with Crippen molar-refractivity contribution in [2.45, 2.75) is 18.1 Å². The summed E-state index contributed by atoms with van der Waals surface area (Å²) in [5.74, 6) is 1.68. The molecule has 2 rings (SSSR count). The Hall–Kier alpha value is -1.20. The number of thioether (sulfide) groups is 1. The number of benzene rings is 1. The molecular formula is C15H21NO3S. The van der Waals surface area contributed by atoms with Crippen molar-refractivity contribution in [3.05, 3.63) is 29.8 Å². The summed E-state index contributed by atoms with van der Waals surface area (Å²) in [5, 5.41) is 3.63. The van der Waals surface area contributed by atoms with Gasteiger partial charge in [0, 0.05) is 36.3 Å². The van der Waals surface area contributed by atoms with Crippen molar-refractivity contribution in [1.29, 1.82) is 0 Å². The Balaban J connectivity index is 1.66. The lowest BCUT2D eigenvalue weighted by Crippen LogP contribution is -2.27. The smallest absolute Gasteiger partial charge is 0.251 e. The van der Waals surface area contributed by atoms with E-state index in [1.54, 1.807) is 31.4 Å². The molecule has 0 spiro atoms. The summed E-state index contributed by atoms with van der Waals surface area (Å²) >= 11 is 1.93. The number of methoxy groups -OCH3 is 1. The van der Waals surface area contributed by atoms with Crippen molar-refractivity contribution in [3.8, 4) is 5.75 Å². The molecule has 1 amide bonds. The third kappa shape index (κ3) is 4.72. The zero-order valence-corrected chi connectivity index (χ0v) is 12.6. The number of nitrogens with one attached hydrogen (secondary N) is 1. The molecule has 1 heterocycles. The monoisotopic (exact) mass is 295 g/mol. The molecule has 1 aromatic rings. The third-order valence-electron chi connectivity index (χ3n) is 3.26. The molecule has 110 valence electrons. The highest BCUT2D eigenvalue weighted by Crippen LogP contribution is 2.21. The SMILES string of the molecule is COc1ccc(C(=O)NCCSC2CCOCC2)cc1. The van der Waals surface area contributed by atoms with Gasteiger partial charge in [-0.15, -0.1) is 0 Å². The molecule has 5 heteroatoms. The summed E-state index contributed by atoms with van der Waals surface area (Å²) in [6, 6.07) is 7.15. The zero-order valence-electron chi connectivity index (χ0n) is 11.8. The summed E-state index contributed by atoms with van der Waals surface area (Å²) in [7, 11) is 1.61. The van der Waals surface area contributed by atoms with Crippen LogP contribution in [0.1, 0.15) is 23.2 Å². The second-order valence-corrected chi connectivity index (χ2v) is 6.08. The van der Waals surface area contributed by atoms with Gasteiger partial charge in [-0.2, -0.15) is 11.8 Å². The van der Waals surface area contributed by atoms with Crippen LogP contribution in [-0.2, 0) is 4.74 Å². The van der Waals surface area contributed by atoms with Gasteiger partial charge < -0.3 is 14.8 Å². The highest BCUT2D eigenvalue weighted by Gasteiger charge is 2.13. The second kappa shape index (κ2) is 8.17. The van der Waals surface area contributed by atoms with Gasteiger partial charge >= 0.3 is 0 Å². The van der Waals surface area contributed by atoms with Gasteiger partial charge in [-0.05, 0) is 37.1 Å². The predicted molar refractivity (Wildman–Crippen MR) is 81.6 cm³/mol. The van der Waals surface area contributed by atoms with Crippen LogP contribution in [0.2, 0.25) is 0 Å². The molecular weight excluding hydrogens is 274 g/mol. The van der Waals surface area contributed by atoms with E-state index >= 15 is 0 Å². The average Bonchev–Trinajstić information content (AvgIpc) is 2.52. The minimum absolute atomic E-state index is 0.0276. The fourth-order valence-electron chi connectivity index (χ4n) is 2.08. The first kappa shape index (κ1) is 15.2. The van der Waals surface area contributed by atoms with E-state index in [4.69, 9.17) is 9.47 Å². The summed E-state index contributed by atoms with van der Waals surface area (Å²) in [6.45, 7) is 2.44. The van der Waals surface area contributed by atoms with E-state index in [2.05, 4.69) is 5.32 Å². The lowest BCUT2D eigenvalue weighted by Gasteiger charge is -2.21. The number of hydrogen-bond donors (Lipinski definition) is 1. The lowest BCUT2D eigenvalue weighted by atomic mass is 10.2. The Morgan fingerprint density at radius 1 is 1.35 bits per heavy atom. The van der Waals surface area contributed by atoms with Crippen LogP contribution in [0.15, 0.2) is 24.3 Å². The molecule has 0 bridgehead atoms. The minimum Gasteiger partial charge on any atom is -0.497 e. The van der Waals surface area contributed by atoms with E-state index in [0.717, 1.165) is 37.6 Å². The molecule has 0 atom stereocenters. The fourth-order valence-corrected chi connectivity index (χ4v) is 3.16. The number of carbonyl (C=O) groups is 1. The van der Waals surface area contributed by atoms with Crippen molar-refractivity contribution in [3.63, 3.8) is 0 Å². The van der Waals surface area contributed by atoms with E-state index < -0.39 is 0 Å². The molecule has 20 heavy (non-hydrogen) atoms. The van der Waals surface area contributed by atoms with Gasteiger partial charge in [0.2, 0.25) is 0 Å².